The van der Waals surface area contributed by atoms with Crippen molar-refractivity contribution >= 4 is 28.3 Å². The molecule has 0 bridgehead atoms. The van der Waals surface area contributed by atoms with Crippen molar-refractivity contribution in [3.63, 3.8) is 0 Å². The Morgan fingerprint density at radius 1 is 1.40 bits per heavy atom. The maximum atomic E-state index is 5.97. The lowest BCUT2D eigenvalue weighted by atomic mass is 10.2. The average Bonchev–Trinajstić information content (AvgIpc) is 2.45. The molecule has 1 atom stereocenters. The average molecular weight is 292 g/mol. The molecule has 1 aromatic carbocycles. The number of anilines is 1. The van der Waals surface area contributed by atoms with E-state index in [0.717, 1.165) is 48.0 Å². The molecule has 20 heavy (non-hydrogen) atoms. The number of nitrogens with zero attached hydrogens (tertiary/aromatic N) is 2. The van der Waals surface area contributed by atoms with Crippen LogP contribution in [0.4, 0.5) is 5.82 Å². The van der Waals surface area contributed by atoms with Crippen LogP contribution < -0.4 is 5.32 Å². The highest BCUT2D eigenvalue weighted by Crippen LogP contribution is 2.19. The van der Waals surface area contributed by atoms with Gasteiger partial charge in [0.2, 0.25) is 0 Å². The predicted octanol–water partition coefficient (Wildman–Crippen LogP) is 2.63. The second kappa shape index (κ2) is 5.95. The topological polar surface area (TPSA) is 37.4 Å². The van der Waals surface area contributed by atoms with Crippen molar-refractivity contribution in [2.75, 3.05) is 38.6 Å². The molecule has 0 spiro atoms. The standard InChI is InChI=1S/C15H18ClN3O/c1-19-6-7-20-13(10-19)9-17-15-5-2-11-8-12(16)3-4-14(11)18-15/h2-5,8,13H,6-7,9-10H2,1H3,(H,17,18)/t13-/m0/s1. The molecule has 1 fully saturated rings. The smallest absolute Gasteiger partial charge is 0.126 e. The first-order valence-electron chi connectivity index (χ1n) is 6.81. The first kappa shape index (κ1) is 13.6. The minimum atomic E-state index is 0.219. The molecule has 4 nitrogen and oxygen atoms in total. The van der Waals surface area contributed by atoms with E-state index in [9.17, 15) is 0 Å². The Morgan fingerprint density at radius 2 is 2.30 bits per heavy atom. The number of likely N-dealkylation sites (N-methyl/N-ethyl adjacent to an activating group) is 1. The Morgan fingerprint density at radius 3 is 3.15 bits per heavy atom. The fraction of sp³-hybridized carbons (Fsp3) is 0.400. The summed E-state index contributed by atoms with van der Waals surface area (Å²) >= 11 is 5.97. The Hall–Kier alpha value is -1.36. The number of fused-ring (bicyclic) bond motifs is 1. The summed E-state index contributed by atoms with van der Waals surface area (Å²) in [5, 5.41) is 5.13. The van der Waals surface area contributed by atoms with Gasteiger partial charge >= 0.3 is 0 Å². The molecule has 0 unspecified atom stereocenters. The molecule has 0 radical (unpaired) electrons. The summed E-state index contributed by atoms with van der Waals surface area (Å²) in [6.07, 6.45) is 0.219. The molecule has 0 amide bonds. The summed E-state index contributed by atoms with van der Waals surface area (Å²) in [4.78, 5) is 6.86. The molecular formula is C15H18ClN3O. The van der Waals surface area contributed by atoms with E-state index >= 15 is 0 Å². The van der Waals surface area contributed by atoms with Crippen LogP contribution in [0, 0.1) is 0 Å². The van der Waals surface area contributed by atoms with Gasteiger partial charge in [-0.3, -0.25) is 0 Å². The zero-order valence-electron chi connectivity index (χ0n) is 11.5. The number of rotatable bonds is 3. The lowest BCUT2D eigenvalue weighted by molar-refractivity contribution is -0.0117. The third kappa shape index (κ3) is 3.20. The highest BCUT2D eigenvalue weighted by Gasteiger charge is 2.17. The number of aromatic nitrogens is 1. The van der Waals surface area contributed by atoms with Crippen molar-refractivity contribution in [1.29, 1.82) is 0 Å². The van der Waals surface area contributed by atoms with Crippen LogP contribution >= 0.6 is 11.6 Å². The van der Waals surface area contributed by atoms with Crippen LogP contribution in [0.3, 0.4) is 0 Å². The molecular weight excluding hydrogens is 274 g/mol. The largest absolute Gasteiger partial charge is 0.374 e. The molecule has 1 aliphatic heterocycles. The van der Waals surface area contributed by atoms with Crippen LogP contribution in [-0.4, -0.2) is 49.3 Å². The van der Waals surface area contributed by atoms with E-state index < -0.39 is 0 Å². The van der Waals surface area contributed by atoms with Crippen LogP contribution in [0.25, 0.3) is 10.9 Å². The molecule has 5 heteroatoms. The second-order valence-electron chi connectivity index (χ2n) is 5.17. The molecule has 0 aliphatic carbocycles. The van der Waals surface area contributed by atoms with Gasteiger partial charge in [-0.15, -0.1) is 0 Å². The number of pyridine rings is 1. The Kier molecular flexibility index (Phi) is 4.05. The van der Waals surface area contributed by atoms with E-state index in [1.165, 1.54) is 0 Å². The van der Waals surface area contributed by atoms with Crippen LogP contribution in [0.2, 0.25) is 5.02 Å². The maximum absolute atomic E-state index is 5.97. The molecule has 0 saturated carbocycles. The van der Waals surface area contributed by atoms with E-state index in [1.54, 1.807) is 0 Å². The first-order valence-corrected chi connectivity index (χ1v) is 7.19. The van der Waals surface area contributed by atoms with E-state index in [1.807, 2.05) is 30.3 Å². The zero-order chi connectivity index (χ0) is 13.9. The molecule has 2 aromatic rings. The molecule has 1 N–H and O–H groups in total. The maximum Gasteiger partial charge on any atom is 0.126 e. The van der Waals surface area contributed by atoms with Crippen molar-refractivity contribution in [2.24, 2.45) is 0 Å². The van der Waals surface area contributed by atoms with Crippen molar-refractivity contribution in [3.05, 3.63) is 35.4 Å². The van der Waals surface area contributed by atoms with Gasteiger partial charge in [0.1, 0.15) is 5.82 Å². The zero-order valence-corrected chi connectivity index (χ0v) is 12.2. The fourth-order valence-electron chi connectivity index (χ4n) is 2.40. The summed E-state index contributed by atoms with van der Waals surface area (Å²) in [5.74, 6) is 0.872. The van der Waals surface area contributed by atoms with E-state index in [0.29, 0.717) is 0 Å². The Balaban J connectivity index is 1.67. The van der Waals surface area contributed by atoms with Gasteiger partial charge in [-0.1, -0.05) is 11.6 Å². The van der Waals surface area contributed by atoms with Crippen molar-refractivity contribution in [1.82, 2.24) is 9.88 Å². The van der Waals surface area contributed by atoms with Crippen LogP contribution in [0.15, 0.2) is 30.3 Å². The monoisotopic (exact) mass is 291 g/mol. The highest BCUT2D eigenvalue weighted by atomic mass is 35.5. The summed E-state index contributed by atoms with van der Waals surface area (Å²) in [5.41, 5.74) is 0.945. The van der Waals surface area contributed by atoms with Crippen molar-refractivity contribution in [2.45, 2.75) is 6.10 Å². The molecule has 2 heterocycles. The van der Waals surface area contributed by atoms with Gasteiger partial charge in [-0.2, -0.15) is 0 Å². The van der Waals surface area contributed by atoms with Gasteiger partial charge in [0.15, 0.2) is 0 Å². The molecule has 1 aromatic heterocycles. The van der Waals surface area contributed by atoms with E-state index in [2.05, 4.69) is 22.2 Å². The molecule has 1 saturated heterocycles. The fourth-order valence-corrected chi connectivity index (χ4v) is 2.58. The summed E-state index contributed by atoms with van der Waals surface area (Å²) in [6, 6.07) is 9.73. The highest BCUT2D eigenvalue weighted by molar-refractivity contribution is 6.31. The van der Waals surface area contributed by atoms with Crippen molar-refractivity contribution in [3.8, 4) is 0 Å². The van der Waals surface area contributed by atoms with Gasteiger partial charge in [-0.25, -0.2) is 4.98 Å². The third-order valence-corrected chi connectivity index (χ3v) is 3.74. The number of halogens is 1. The molecule has 1 aliphatic rings. The number of hydrogen-bond acceptors (Lipinski definition) is 4. The SMILES string of the molecule is CN1CCO[C@@H](CNc2ccc3cc(Cl)ccc3n2)C1. The summed E-state index contributed by atoms with van der Waals surface area (Å²) in [6.45, 7) is 3.53. The predicted molar refractivity (Wildman–Crippen MR) is 82.5 cm³/mol. The van der Waals surface area contributed by atoms with Crippen LogP contribution in [-0.2, 0) is 4.74 Å². The number of ether oxygens (including phenoxy) is 1. The number of benzene rings is 1. The van der Waals surface area contributed by atoms with Crippen LogP contribution in [0.1, 0.15) is 0 Å². The lowest BCUT2D eigenvalue weighted by Crippen LogP contribution is -2.43. The first-order chi connectivity index (χ1) is 9.70. The minimum absolute atomic E-state index is 0.219. The molecule has 106 valence electrons. The number of hydrogen-bond donors (Lipinski definition) is 1. The summed E-state index contributed by atoms with van der Waals surface area (Å²) in [7, 11) is 2.12. The van der Waals surface area contributed by atoms with Crippen LogP contribution in [0.5, 0.6) is 0 Å². The van der Waals surface area contributed by atoms with Gasteiger partial charge in [0.25, 0.3) is 0 Å². The van der Waals surface area contributed by atoms with E-state index in [-0.39, 0.29) is 6.10 Å². The Bertz CT molecular complexity index is 605. The molecule has 3 rings (SSSR count). The minimum Gasteiger partial charge on any atom is -0.374 e. The van der Waals surface area contributed by atoms with Gasteiger partial charge in [-0.05, 0) is 37.4 Å². The van der Waals surface area contributed by atoms with E-state index in [4.69, 9.17) is 16.3 Å². The normalized spacial score (nSPS) is 20.2. The van der Waals surface area contributed by atoms with Gasteiger partial charge < -0.3 is 15.0 Å². The second-order valence-corrected chi connectivity index (χ2v) is 5.61. The number of morpholine rings is 1. The lowest BCUT2D eigenvalue weighted by Gasteiger charge is -2.30. The van der Waals surface area contributed by atoms with Crippen molar-refractivity contribution < 1.29 is 4.74 Å². The summed E-state index contributed by atoms with van der Waals surface area (Å²) < 4.78 is 5.72. The Labute approximate surface area is 123 Å². The number of nitrogens with one attached hydrogen (secondary N) is 1. The van der Waals surface area contributed by atoms with Gasteiger partial charge in [0.05, 0.1) is 18.2 Å². The van der Waals surface area contributed by atoms with Gasteiger partial charge in [0, 0.05) is 30.0 Å². The quantitative estimate of drug-likeness (QED) is 0.943. The third-order valence-electron chi connectivity index (χ3n) is 3.50.